The standard InChI is InChI=1S/C34H42N6O2/c35-33(36)30-12-7-13-31(20-30)40-25-29(21-37-32(41)15-14-26-8-3-1-4-9-26)24-39(34(40)42)23-28-16-18-38(19-17-28)22-27-10-5-2-6-11-27/h1-13,20,28-29H,14-19,21-25H2,(H3,35,36)(H,37,41). The van der Waals surface area contributed by atoms with Crippen molar-refractivity contribution in [2.24, 2.45) is 17.6 Å². The normalized spacial score (nSPS) is 18.2. The van der Waals surface area contributed by atoms with Crippen LogP contribution in [0.3, 0.4) is 0 Å². The second-order valence-electron chi connectivity index (χ2n) is 11.6. The molecule has 0 saturated carbocycles. The molecule has 220 valence electrons. The molecule has 0 radical (unpaired) electrons. The van der Waals surface area contributed by atoms with Gasteiger partial charge in [0.25, 0.3) is 0 Å². The number of carbonyl (C=O) groups excluding carboxylic acids is 2. The number of nitrogen functional groups attached to an aromatic ring is 1. The highest BCUT2D eigenvalue weighted by Crippen LogP contribution is 2.27. The van der Waals surface area contributed by atoms with E-state index in [0.717, 1.165) is 43.7 Å². The Balaban J connectivity index is 1.21. The molecule has 4 N–H and O–H groups in total. The number of piperidine rings is 1. The number of urea groups is 1. The summed E-state index contributed by atoms with van der Waals surface area (Å²) in [6, 6.07) is 27.9. The van der Waals surface area contributed by atoms with Crippen molar-refractivity contribution in [3.8, 4) is 0 Å². The summed E-state index contributed by atoms with van der Waals surface area (Å²) in [6.45, 7) is 5.34. The first-order chi connectivity index (χ1) is 20.4. The third-order valence-corrected chi connectivity index (χ3v) is 8.40. The molecule has 0 aliphatic carbocycles. The molecule has 2 aliphatic rings. The van der Waals surface area contributed by atoms with E-state index in [-0.39, 0.29) is 23.7 Å². The van der Waals surface area contributed by atoms with Gasteiger partial charge in [0.1, 0.15) is 5.84 Å². The fraction of sp³-hybridized carbons (Fsp3) is 0.382. The van der Waals surface area contributed by atoms with Crippen LogP contribution >= 0.6 is 0 Å². The summed E-state index contributed by atoms with van der Waals surface area (Å²) in [7, 11) is 0. The number of rotatable bonds is 11. The fourth-order valence-electron chi connectivity index (χ4n) is 6.02. The molecular formula is C34H42N6O2. The third kappa shape index (κ3) is 7.97. The maximum Gasteiger partial charge on any atom is 0.324 e. The molecular weight excluding hydrogens is 524 g/mol. The van der Waals surface area contributed by atoms with Crippen LogP contribution in [-0.4, -0.2) is 66.8 Å². The van der Waals surface area contributed by atoms with Crippen LogP contribution in [0.15, 0.2) is 84.9 Å². The molecule has 0 spiro atoms. The molecule has 3 aromatic carbocycles. The van der Waals surface area contributed by atoms with Gasteiger partial charge in [-0.1, -0.05) is 72.8 Å². The Morgan fingerprint density at radius 2 is 1.57 bits per heavy atom. The first kappa shape index (κ1) is 29.3. The molecule has 5 rings (SSSR count). The summed E-state index contributed by atoms with van der Waals surface area (Å²) >= 11 is 0. The van der Waals surface area contributed by atoms with Gasteiger partial charge < -0.3 is 16.0 Å². The molecule has 1 unspecified atom stereocenters. The average Bonchev–Trinajstić information content (AvgIpc) is 3.02. The molecule has 2 aliphatic heterocycles. The summed E-state index contributed by atoms with van der Waals surface area (Å²) in [6.07, 6.45) is 3.24. The van der Waals surface area contributed by atoms with E-state index in [1.54, 1.807) is 17.0 Å². The topological polar surface area (TPSA) is 106 Å². The SMILES string of the molecule is N=C(N)c1cccc(N2CC(CNC(=O)CCc3ccccc3)CN(CC3CCN(Cc4ccccc4)CC3)C2=O)c1. The molecule has 42 heavy (non-hydrogen) atoms. The lowest BCUT2D eigenvalue weighted by molar-refractivity contribution is -0.121. The van der Waals surface area contributed by atoms with Gasteiger partial charge in [0.15, 0.2) is 0 Å². The maximum atomic E-state index is 13.8. The van der Waals surface area contributed by atoms with E-state index in [9.17, 15) is 9.59 Å². The lowest BCUT2D eigenvalue weighted by Crippen LogP contribution is -2.57. The minimum Gasteiger partial charge on any atom is -0.384 e. The zero-order chi connectivity index (χ0) is 29.3. The highest BCUT2D eigenvalue weighted by molar-refractivity contribution is 5.98. The summed E-state index contributed by atoms with van der Waals surface area (Å²) in [5.41, 5.74) is 9.56. The van der Waals surface area contributed by atoms with Gasteiger partial charge in [0.05, 0.1) is 0 Å². The number of hydrogen-bond donors (Lipinski definition) is 3. The lowest BCUT2D eigenvalue weighted by atomic mass is 9.94. The van der Waals surface area contributed by atoms with E-state index in [4.69, 9.17) is 11.1 Å². The van der Waals surface area contributed by atoms with E-state index in [2.05, 4.69) is 40.5 Å². The van der Waals surface area contributed by atoms with E-state index < -0.39 is 0 Å². The zero-order valence-corrected chi connectivity index (χ0v) is 24.3. The van der Waals surface area contributed by atoms with Crippen LogP contribution in [-0.2, 0) is 17.8 Å². The van der Waals surface area contributed by atoms with Crippen molar-refractivity contribution in [3.63, 3.8) is 0 Å². The Kier molecular flexibility index (Phi) is 9.87. The second kappa shape index (κ2) is 14.1. The number of anilines is 1. The monoisotopic (exact) mass is 566 g/mol. The van der Waals surface area contributed by atoms with Gasteiger partial charge in [-0.25, -0.2) is 4.79 Å². The van der Waals surface area contributed by atoms with Crippen LogP contribution in [0.25, 0.3) is 0 Å². The summed E-state index contributed by atoms with van der Waals surface area (Å²) < 4.78 is 0. The number of aryl methyl sites for hydroxylation is 1. The molecule has 2 fully saturated rings. The molecule has 8 heteroatoms. The number of nitrogens with zero attached hydrogens (tertiary/aromatic N) is 3. The largest absolute Gasteiger partial charge is 0.384 e. The number of nitrogens with one attached hydrogen (secondary N) is 2. The van der Waals surface area contributed by atoms with E-state index in [0.29, 0.717) is 50.5 Å². The van der Waals surface area contributed by atoms with Crippen molar-refractivity contribution in [2.75, 3.05) is 44.2 Å². The van der Waals surface area contributed by atoms with E-state index in [1.807, 2.05) is 47.4 Å². The number of nitrogens with two attached hydrogens (primary N) is 1. The van der Waals surface area contributed by atoms with Gasteiger partial charge in [0, 0.05) is 56.3 Å². The Bertz CT molecular complexity index is 1340. The summed E-state index contributed by atoms with van der Waals surface area (Å²) in [4.78, 5) is 32.8. The van der Waals surface area contributed by atoms with Crippen LogP contribution in [0.5, 0.6) is 0 Å². The Hall–Kier alpha value is -4.17. The molecule has 3 amide bonds. The Labute approximate surface area is 249 Å². The minimum atomic E-state index is -0.0253. The van der Waals surface area contributed by atoms with Crippen LogP contribution in [0.1, 0.15) is 36.0 Å². The molecule has 8 nitrogen and oxygen atoms in total. The fourth-order valence-corrected chi connectivity index (χ4v) is 6.02. The van der Waals surface area contributed by atoms with Crippen LogP contribution in [0.2, 0.25) is 0 Å². The van der Waals surface area contributed by atoms with Crippen molar-refractivity contribution in [3.05, 3.63) is 102 Å². The minimum absolute atomic E-state index is 0.0194. The Morgan fingerprint density at radius 1 is 0.881 bits per heavy atom. The van der Waals surface area contributed by atoms with E-state index in [1.165, 1.54) is 5.56 Å². The van der Waals surface area contributed by atoms with Crippen LogP contribution < -0.4 is 16.0 Å². The molecule has 3 aromatic rings. The molecule has 1 atom stereocenters. The smallest absolute Gasteiger partial charge is 0.324 e. The van der Waals surface area contributed by atoms with Crippen molar-refractivity contribution < 1.29 is 9.59 Å². The van der Waals surface area contributed by atoms with Crippen molar-refractivity contribution >= 4 is 23.5 Å². The van der Waals surface area contributed by atoms with Crippen LogP contribution in [0.4, 0.5) is 10.5 Å². The number of amides is 3. The Morgan fingerprint density at radius 3 is 2.26 bits per heavy atom. The van der Waals surface area contributed by atoms with Crippen LogP contribution in [0, 0.1) is 17.2 Å². The van der Waals surface area contributed by atoms with Crippen molar-refractivity contribution in [2.45, 2.75) is 32.2 Å². The predicted molar refractivity (Wildman–Crippen MR) is 167 cm³/mol. The first-order valence-electron chi connectivity index (χ1n) is 15.0. The molecule has 2 saturated heterocycles. The van der Waals surface area contributed by atoms with Crippen molar-refractivity contribution in [1.82, 2.24) is 15.1 Å². The first-order valence-corrected chi connectivity index (χ1v) is 15.0. The number of likely N-dealkylation sites (tertiary alicyclic amines) is 1. The van der Waals surface area contributed by atoms with Crippen molar-refractivity contribution in [1.29, 1.82) is 5.41 Å². The summed E-state index contributed by atoms with van der Waals surface area (Å²) in [5, 5.41) is 11.0. The van der Waals surface area contributed by atoms with Gasteiger partial charge in [0.2, 0.25) is 5.91 Å². The van der Waals surface area contributed by atoms with E-state index >= 15 is 0 Å². The quantitative estimate of drug-likeness (QED) is 0.235. The molecule has 0 bridgehead atoms. The second-order valence-corrected chi connectivity index (χ2v) is 11.6. The summed E-state index contributed by atoms with van der Waals surface area (Å²) in [5.74, 6) is 0.522. The van der Waals surface area contributed by atoms with Gasteiger partial charge in [-0.15, -0.1) is 0 Å². The molecule has 0 aromatic heterocycles. The van der Waals surface area contributed by atoms with Gasteiger partial charge in [-0.3, -0.25) is 20.0 Å². The number of hydrogen-bond acceptors (Lipinski definition) is 4. The number of amidine groups is 1. The third-order valence-electron chi connectivity index (χ3n) is 8.40. The number of carbonyl (C=O) groups is 2. The predicted octanol–water partition coefficient (Wildman–Crippen LogP) is 4.49. The molecule has 2 heterocycles. The van der Waals surface area contributed by atoms with Gasteiger partial charge in [-0.2, -0.15) is 0 Å². The maximum absolute atomic E-state index is 13.8. The lowest BCUT2D eigenvalue weighted by Gasteiger charge is -2.42. The average molecular weight is 567 g/mol. The van der Waals surface area contributed by atoms with Gasteiger partial charge in [-0.05, 0) is 61.5 Å². The van der Waals surface area contributed by atoms with Gasteiger partial charge >= 0.3 is 6.03 Å². The number of benzene rings is 3. The highest BCUT2D eigenvalue weighted by Gasteiger charge is 2.35. The highest BCUT2D eigenvalue weighted by atomic mass is 16.2. The zero-order valence-electron chi connectivity index (χ0n) is 24.3.